The summed E-state index contributed by atoms with van der Waals surface area (Å²) in [7, 11) is 2.50. The first-order chi connectivity index (χ1) is 14.8. The lowest BCUT2D eigenvalue weighted by Gasteiger charge is -2.12. The topological polar surface area (TPSA) is 86.6 Å². The molecule has 1 amide bonds. The third kappa shape index (κ3) is 4.17. The number of carbonyl (C=O) groups excluding carboxylic acids is 3. The number of hydrogen-bond donors (Lipinski definition) is 1. The standard InChI is InChI=1S/C24H26N2O5/c1-6-15-8-9-20-19(10-15)14(3)21(26(20)7-2)22(27)25-18-12-16(23(28)30-4)11-17(13-18)24(29)31-5/h8-13H,6-7H2,1-5H3,(H,25,27). The first kappa shape index (κ1) is 22.1. The number of nitrogens with one attached hydrogen (secondary N) is 1. The summed E-state index contributed by atoms with van der Waals surface area (Å²) in [6, 6.07) is 10.5. The molecule has 31 heavy (non-hydrogen) atoms. The van der Waals surface area contributed by atoms with Crippen molar-refractivity contribution in [3.63, 3.8) is 0 Å². The number of nitrogens with zero attached hydrogens (tertiary/aromatic N) is 1. The fourth-order valence-electron chi connectivity index (χ4n) is 3.77. The van der Waals surface area contributed by atoms with Crippen LogP contribution in [-0.2, 0) is 22.4 Å². The zero-order valence-electron chi connectivity index (χ0n) is 18.4. The highest BCUT2D eigenvalue weighted by Crippen LogP contribution is 2.28. The molecule has 0 radical (unpaired) electrons. The fraction of sp³-hybridized carbons (Fsp3) is 0.292. The molecule has 7 heteroatoms. The maximum atomic E-state index is 13.3. The maximum absolute atomic E-state index is 13.3. The van der Waals surface area contributed by atoms with Gasteiger partial charge in [0.15, 0.2) is 0 Å². The molecule has 1 N–H and O–H groups in total. The van der Waals surface area contributed by atoms with E-state index >= 15 is 0 Å². The van der Waals surface area contributed by atoms with E-state index in [0.717, 1.165) is 22.9 Å². The van der Waals surface area contributed by atoms with Gasteiger partial charge in [0.2, 0.25) is 0 Å². The maximum Gasteiger partial charge on any atom is 0.337 e. The summed E-state index contributed by atoms with van der Waals surface area (Å²) >= 11 is 0. The molecule has 0 spiro atoms. The van der Waals surface area contributed by atoms with Gasteiger partial charge >= 0.3 is 11.9 Å². The van der Waals surface area contributed by atoms with Crippen molar-refractivity contribution in [2.24, 2.45) is 0 Å². The Balaban J connectivity index is 2.07. The number of methoxy groups -OCH3 is 2. The van der Waals surface area contributed by atoms with E-state index in [1.165, 1.54) is 38.0 Å². The van der Waals surface area contributed by atoms with Gasteiger partial charge in [0, 0.05) is 23.1 Å². The lowest BCUT2D eigenvalue weighted by atomic mass is 10.1. The Labute approximate surface area is 181 Å². The molecule has 3 rings (SSSR count). The van der Waals surface area contributed by atoms with Crippen LogP contribution in [0.1, 0.15) is 56.2 Å². The van der Waals surface area contributed by atoms with Gasteiger partial charge in [0.25, 0.3) is 5.91 Å². The number of aromatic nitrogens is 1. The number of amides is 1. The average Bonchev–Trinajstić information content (AvgIpc) is 3.08. The van der Waals surface area contributed by atoms with Gasteiger partial charge in [-0.3, -0.25) is 4.79 Å². The summed E-state index contributed by atoms with van der Waals surface area (Å²) in [6.07, 6.45) is 0.908. The molecule has 0 atom stereocenters. The molecule has 0 unspecified atom stereocenters. The molecule has 0 bridgehead atoms. The second kappa shape index (κ2) is 9.04. The number of rotatable bonds is 6. The molecule has 3 aromatic rings. The van der Waals surface area contributed by atoms with Crippen LogP contribution in [0.4, 0.5) is 5.69 Å². The van der Waals surface area contributed by atoms with Crippen molar-refractivity contribution in [2.45, 2.75) is 33.7 Å². The number of hydrogen-bond acceptors (Lipinski definition) is 5. The van der Waals surface area contributed by atoms with E-state index in [0.29, 0.717) is 17.9 Å². The quantitative estimate of drug-likeness (QED) is 0.597. The van der Waals surface area contributed by atoms with Crippen LogP contribution in [0, 0.1) is 6.92 Å². The van der Waals surface area contributed by atoms with Crippen LogP contribution in [0.3, 0.4) is 0 Å². The largest absolute Gasteiger partial charge is 0.465 e. The Morgan fingerprint density at radius 2 is 1.55 bits per heavy atom. The number of benzene rings is 2. The Bertz CT molecular complexity index is 1140. The van der Waals surface area contributed by atoms with E-state index in [4.69, 9.17) is 9.47 Å². The first-order valence-corrected chi connectivity index (χ1v) is 10.1. The van der Waals surface area contributed by atoms with Crippen molar-refractivity contribution < 1.29 is 23.9 Å². The van der Waals surface area contributed by atoms with Crippen molar-refractivity contribution in [1.29, 1.82) is 0 Å². The molecule has 0 aliphatic carbocycles. The minimum atomic E-state index is -0.618. The van der Waals surface area contributed by atoms with Crippen molar-refractivity contribution >= 4 is 34.4 Å². The predicted octanol–water partition coefficient (Wildman–Crippen LogP) is 4.36. The number of esters is 2. The molecule has 1 heterocycles. The normalized spacial score (nSPS) is 10.7. The SMILES string of the molecule is CCc1ccc2c(c1)c(C)c(C(=O)Nc1cc(C(=O)OC)cc(C(=O)OC)c1)n2CC. The molecule has 162 valence electrons. The molecular formula is C24H26N2O5. The van der Waals surface area contributed by atoms with Crippen LogP contribution in [0.25, 0.3) is 10.9 Å². The lowest BCUT2D eigenvalue weighted by Crippen LogP contribution is -2.19. The van der Waals surface area contributed by atoms with Gasteiger partial charge in [0.1, 0.15) is 5.69 Å². The highest BCUT2D eigenvalue weighted by molar-refractivity contribution is 6.09. The summed E-state index contributed by atoms with van der Waals surface area (Å²) in [5.74, 6) is -1.56. The molecule has 0 saturated carbocycles. The van der Waals surface area contributed by atoms with Crippen molar-refractivity contribution in [3.05, 3.63) is 64.3 Å². The van der Waals surface area contributed by atoms with Crippen molar-refractivity contribution in [1.82, 2.24) is 4.57 Å². The van der Waals surface area contributed by atoms with Crippen molar-refractivity contribution in [2.75, 3.05) is 19.5 Å². The van der Waals surface area contributed by atoms with Crippen LogP contribution in [0.2, 0.25) is 0 Å². The molecule has 1 aromatic heterocycles. The summed E-state index contributed by atoms with van der Waals surface area (Å²) in [6.45, 7) is 6.62. The number of aryl methyl sites for hydroxylation is 3. The van der Waals surface area contributed by atoms with Gasteiger partial charge in [-0.25, -0.2) is 9.59 Å². The van der Waals surface area contributed by atoms with E-state index in [-0.39, 0.29) is 17.0 Å². The Kier molecular flexibility index (Phi) is 6.44. The summed E-state index contributed by atoms with van der Waals surface area (Å²) in [5.41, 5.74) is 4.18. The predicted molar refractivity (Wildman–Crippen MR) is 119 cm³/mol. The highest BCUT2D eigenvalue weighted by atomic mass is 16.5. The van der Waals surface area contributed by atoms with Gasteiger partial charge < -0.3 is 19.4 Å². The molecule has 0 saturated heterocycles. The van der Waals surface area contributed by atoms with Crippen LogP contribution >= 0.6 is 0 Å². The minimum absolute atomic E-state index is 0.140. The molecule has 0 aliphatic rings. The lowest BCUT2D eigenvalue weighted by molar-refractivity contribution is 0.0599. The van der Waals surface area contributed by atoms with Crippen LogP contribution < -0.4 is 5.32 Å². The van der Waals surface area contributed by atoms with Crippen LogP contribution in [-0.4, -0.2) is 36.6 Å². The van der Waals surface area contributed by atoms with Crippen molar-refractivity contribution in [3.8, 4) is 0 Å². The van der Waals surface area contributed by atoms with E-state index in [1.54, 1.807) is 0 Å². The van der Waals surface area contributed by atoms with Gasteiger partial charge in [-0.1, -0.05) is 13.0 Å². The second-order valence-electron chi connectivity index (χ2n) is 7.16. The Hall–Kier alpha value is -3.61. The molecular weight excluding hydrogens is 396 g/mol. The second-order valence-corrected chi connectivity index (χ2v) is 7.16. The first-order valence-electron chi connectivity index (χ1n) is 10.1. The van der Waals surface area contributed by atoms with E-state index in [9.17, 15) is 14.4 Å². The number of fused-ring (bicyclic) bond motifs is 1. The van der Waals surface area contributed by atoms with E-state index in [2.05, 4.69) is 24.4 Å². The van der Waals surface area contributed by atoms with E-state index < -0.39 is 11.9 Å². The van der Waals surface area contributed by atoms with Gasteiger partial charge in [-0.05, 0) is 61.7 Å². The van der Waals surface area contributed by atoms with Crippen LogP contribution in [0.15, 0.2) is 36.4 Å². The number of ether oxygens (including phenoxy) is 2. The molecule has 2 aromatic carbocycles. The summed E-state index contributed by atoms with van der Waals surface area (Å²) in [4.78, 5) is 37.3. The minimum Gasteiger partial charge on any atom is -0.465 e. The Morgan fingerprint density at radius 3 is 2.06 bits per heavy atom. The van der Waals surface area contributed by atoms with E-state index in [1.807, 2.05) is 24.5 Å². The zero-order chi connectivity index (χ0) is 22.7. The average molecular weight is 422 g/mol. The molecule has 0 fully saturated rings. The van der Waals surface area contributed by atoms with Gasteiger partial charge in [-0.15, -0.1) is 0 Å². The summed E-state index contributed by atoms with van der Waals surface area (Å²) < 4.78 is 11.5. The summed E-state index contributed by atoms with van der Waals surface area (Å²) in [5, 5.41) is 3.86. The smallest absolute Gasteiger partial charge is 0.337 e. The molecule has 0 aliphatic heterocycles. The third-order valence-electron chi connectivity index (χ3n) is 5.35. The number of anilines is 1. The fourth-order valence-corrected chi connectivity index (χ4v) is 3.77. The molecule has 7 nitrogen and oxygen atoms in total. The monoisotopic (exact) mass is 422 g/mol. The highest BCUT2D eigenvalue weighted by Gasteiger charge is 2.21. The Morgan fingerprint density at radius 1 is 0.935 bits per heavy atom. The van der Waals surface area contributed by atoms with Crippen LogP contribution in [0.5, 0.6) is 0 Å². The number of carbonyl (C=O) groups is 3. The van der Waals surface area contributed by atoms with Gasteiger partial charge in [0.05, 0.1) is 25.3 Å². The zero-order valence-corrected chi connectivity index (χ0v) is 18.4. The third-order valence-corrected chi connectivity index (χ3v) is 5.35. The van der Waals surface area contributed by atoms with Gasteiger partial charge in [-0.2, -0.15) is 0 Å².